The van der Waals surface area contributed by atoms with Gasteiger partial charge in [-0.2, -0.15) is 4.98 Å². The first-order valence-corrected chi connectivity index (χ1v) is 8.98. The molecule has 1 N–H and O–H groups in total. The fraction of sp³-hybridized carbons (Fsp3) is 0.765. The molecule has 0 unspecified atom stereocenters. The van der Waals surface area contributed by atoms with Gasteiger partial charge in [0.15, 0.2) is 11.8 Å². The van der Waals surface area contributed by atoms with E-state index in [-0.39, 0.29) is 41.8 Å². The van der Waals surface area contributed by atoms with Crippen molar-refractivity contribution in [1.29, 1.82) is 0 Å². The molecule has 0 amide bonds. The first-order chi connectivity index (χ1) is 12.0. The SMILES string of the molecule is CCNC(=NCCc1nc(C(C)C)no1)N1CCC(C(=O)OC)CC1.I. The summed E-state index contributed by atoms with van der Waals surface area (Å²) in [4.78, 5) is 22.9. The van der Waals surface area contributed by atoms with Crippen LogP contribution in [0, 0.1) is 5.92 Å². The van der Waals surface area contributed by atoms with E-state index in [1.54, 1.807) is 0 Å². The van der Waals surface area contributed by atoms with Crippen molar-refractivity contribution in [2.75, 3.05) is 33.3 Å². The van der Waals surface area contributed by atoms with Crippen molar-refractivity contribution >= 4 is 35.9 Å². The molecule has 0 radical (unpaired) electrons. The Labute approximate surface area is 172 Å². The van der Waals surface area contributed by atoms with E-state index in [1.165, 1.54) is 7.11 Å². The number of esters is 1. The summed E-state index contributed by atoms with van der Waals surface area (Å²) >= 11 is 0. The van der Waals surface area contributed by atoms with Crippen LogP contribution in [0.2, 0.25) is 0 Å². The number of halogens is 1. The highest BCUT2D eigenvalue weighted by molar-refractivity contribution is 14.0. The Balaban J connectivity index is 0.00000338. The summed E-state index contributed by atoms with van der Waals surface area (Å²) in [5.41, 5.74) is 0. The summed E-state index contributed by atoms with van der Waals surface area (Å²) in [6.45, 7) is 9.09. The van der Waals surface area contributed by atoms with Crippen LogP contribution in [0.1, 0.15) is 51.2 Å². The normalized spacial score (nSPS) is 15.7. The minimum Gasteiger partial charge on any atom is -0.469 e. The third-order valence-electron chi connectivity index (χ3n) is 4.25. The van der Waals surface area contributed by atoms with Gasteiger partial charge in [0.05, 0.1) is 19.6 Å². The van der Waals surface area contributed by atoms with Crippen molar-refractivity contribution in [3.05, 3.63) is 11.7 Å². The molecule has 2 rings (SSSR count). The third kappa shape index (κ3) is 6.40. The van der Waals surface area contributed by atoms with Gasteiger partial charge >= 0.3 is 5.97 Å². The number of hydrogen-bond acceptors (Lipinski definition) is 6. The number of hydrogen-bond donors (Lipinski definition) is 1. The van der Waals surface area contributed by atoms with E-state index < -0.39 is 0 Å². The number of nitrogens with zero attached hydrogens (tertiary/aromatic N) is 4. The Morgan fingerprint density at radius 2 is 2.12 bits per heavy atom. The fourth-order valence-electron chi connectivity index (χ4n) is 2.78. The minimum absolute atomic E-state index is 0. The molecular formula is C17H30IN5O3. The topological polar surface area (TPSA) is 92.9 Å². The van der Waals surface area contributed by atoms with Gasteiger partial charge in [0.2, 0.25) is 5.89 Å². The molecule has 26 heavy (non-hydrogen) atoms. The van der Waals surface area contributed by atoms with Crippen LogP contribution < -0.4 is 5.32 Å². The summed E-state index contributed by atoms with van der Waals surface area (Å²) in [6, 6.07) is 0. The number of carbonyl (C=O) groups excluding carboxylic acids is 1. The quantitative estimate of drug-likeness (QED) is 0.290. The lowest BCUT2D eigenvalue weighted by Gasteiger charge is -2.33. The van der Waals surface area contributed by atoms with Crippen molar-refractivity contribution < 1.29 is 14.1 Å². The second kappa shape index (κ2) is 11.3. The van der Waals surface area contributed by atoms with E-state index in [0.717, 1.165) is 44.3 Å². The molecule has 1 fully saturated rings. The van der Waals surface area contributed by atoms with Gasteiger partial charge in [-0.15, -0.1) is 24.0 Å². The molecule has 9 heteroatoms. The van der Waals surface area contributed by atoms with Crippen LogP contribution in [-0.2, 0) is 16.0 Å². The number of nitrogens with one attached hydrogen (secondary N) is 1. The molecule has 1 aliphatic rings. The van der Waals surface area contributed by atoms with Crippen molar-refractivity contribution in [3.63, 3.8) is 0 Å². The fourth-order valence-corrected chi connectivity index (χ4v) is 2.78. The first kappa shape index (κ1) is 22.7. The average Bonchev–Trinajstić information content (AvgIpc) is 3.10. The summed E-state index contributed by atoms with van der Waals surface area (Å²) < 4.78 is 10.1. The molecule has 0 saturated carbocycles. The third-order valence-corrected chi connectivity index (χ3v) is 4.25. The Kier molecular flexibility index (Phi) is 9.89. The Hall–Kier alpha value is -1.39. The largest absolute Gasteiger partial charge is 0.469 e. The van der Waals surface area contributed by atoms with E-state index in [2.05, 4.69) is 25.3 Å². The molecule has 148 valence electrons. The maximum absolute atomic E-state index is 11.6. The number of carbonyl (C=O) groups is 1. The van der Waals surface area contributed by atoms with E-state index in [1.807, 2.05) is 20.8 Å². The summed E-state index contributed by atoms with van der Waals surface area (Å²) in [5, 5.41) is 7.28. The molecule has 8 nitrogen and oxygen atoms in total. The van der Waals surface area contributed by atoms with Gasteiger partial charge in [0.25, 0.3) is 0 Å². The van der Waals surface area contributed by atoms with Crippen LogP contribution in [-0.4, -0.2) is 60.3 Å². The number of aliphatic imine (C=N–C) groups is 1. The molecule has 0 aliphatic carbocycles. The van der Waals surface area contributed by atoms with E-state index in [0.29, 0.717) is 18.9 Å². The van der Waals surface area contributed by atoms with E-state index in [9.17, 15) is 4.79 Å². The number of aromatic nitrogens is 2. The molecule has 2 heterocycles. The lowest BCUT2D eigenvalue weighted by Crippen LogP contribution is -2.46. The number of rotatable bonds is 6. The first-order valence-electron chi connectivity index (χ1n) is 8.98. The van der Waals surface area contributed by atoms with E-state index >= 15 is 0 Å². The van der Waals surface area contributed by atoms with Gasteiger partial charge in [-0.05, 0) is 19.8 Å². The second-order valence-electron chi connectivity index (χ2n) is 6.47. The Morgan fingerprint density at radius 3 is 2.65 bits per heavy atom. The second-order valence-corrected chi connectivity index (χ2v) is 6.47. The Bertz CT molecular complexity index is 583. The van der Waals surface area contributed by atoms with Crippen molar-refractivity contribution in [1.82, 2.24) is 20.4 Å². The number of piperidine rings is 1. The van der Waals surface area contributed by atoms with Crippen LogP contribution >= 0.6 is 24.0 Å². The predicted octanol–water partition coefficient (Wildman–Crippen LogP) is 2.20. The highest BCUT2D eigenvalue weighted by Crippen LogP contribution is 2.18. The van der Waals surface area contributed by atoms with Gasteiger partial charge < -0.3 is 19.5 Å². The zero-order valence-corrected chi connectivity index (χ0v) is 18.4. The van der Waals surface area contributed by atoms with Gasteiger partial charge in [-0.25, -0.2) is 0 Å². The van der Waals surface area contributed by atoms with Gasteiger partial charge in [-0.3, -0.25) is 9.79 Å². The lowest BCUT2D eigenvalue weighted by atomic mass is 9.97. The number of methoxy groups -OCH3 is 1. The summed E-state index contributed by atoms with van der Waals surface area (Å²) in [6.07, 6.45) is 2.20. The van der Waals surface area contributed by atoms with Crippen LogP contribution in [0.15, 0.2) is 9.52 Å². The average molecular weight is 479 g/mol. The van der Waals surface area contributed by atoms with Crippen LogP contribution in [0.4, 0.5) is 0 Å². The monoisotopic (exact) mass is 479 g/mol. The van der Waals surface area contributed by atoms with Crippen molar-refractivity contribution in [3.8, 4) is 0 Å². The molecule has 1 aromatic rings. The summed E-state index contributed by atoms with van der Waals surface area (Å²) in [5.74, 6) is 2.36. The van der Waals surface area contributed by atoms with Crippen LogP contribution in [0.5, 0.6) is 0 Å². The number of guanidine groups is 1. The van der Waals surface area contributed by atoms with Gasteiger partial charge in [-0.1, -0.05) is 19.0 Å². The molecule has 1 aromatic heterocycles. The van der Waals surface area contributed by atoms with Gasteiger partial charge in [0, 0.05) is 32.0 Å². The molecule has 1 aliphatic heterocycles. The minimum atomic E-state index is -0.112. The predicted molar refractivity (Wildman–Crippen MR) is 110 cm³/mol. The zero-order chi connectivity index (χ0) is 18.2. The van der Waals surface area contributed by atoms with Crippen molar-refractivity contribution in [2.24, 2.45) is 10.9 Å². The lowest BCUT2D eigenvalue weighted by molar-refractivity contribution is -0.146. The molecule has 0 atom stereocenters. The van der Waals surface area contributed by atoms with Crippen LogP contribution in [0.25, 0.3) is 0 Å². The standard InChI is InChI=1S/C17H29N5O3.HI/c1-5-18-17(22-10-7-13(8-11-22)16(23)24-4)19-9-6-14-20-15(12(2)3)21-25-14;/h12-13H,5-11H2,1-4H3,(H,18,19);1H. The molecule has 0 aromatic carbocycles. The van der Waals surface area contributed by atoms with Crippen molar-refractivity contribution in [2.45, 2.75) is 46.0 Å². The molecule has 0 spiro atoms. The highest BCUT2D eigenvalue weighted by atomic mass is 127. The van der Waals surface area contributed by atoms with E-state index in [4.69, 9.17) is 9.26 Å². The maximum atomic E-state index is 11.6. The zero-order valence-electron chi connectivity index (χ0n) is 16.0. The molecular weight excluding hydrogens is 449 g/mol. The number of likely N-dealkylation sites (tertiary alicyclic amines) is 1. The number of ether oxygens (including phenoxy) is 1. The van der Waals surface area contributed by atoms with Crippen LogP contribution in [0.3, 0.4) is 0 Å². The summed E-state index contributed by atoms with van der Waals surface area (Å²) in [7, 11) is 1.45. The molecule has 1 saturated heterocycles. The highest BCUT2D eigenvalue weighted by Gasteiger charge is 2.26. The molecule has 0 bridgehead atoms. The maximum Gasteiger partial charge on any atom is 0.308 e. The Morgan fingerprint density at radius 1 is 1.42 bits per heavy atom. The smallest absolute Gasteiger partial charge is 0.308 e. The van der Waals surface area contributed by atoms with Gasteiger partial charge in [0.1, 0.15) is 0 Å².